The highest BCUT2D eigenvalue weighted by atomic mass is 16.5. The van der Waals surface area contributed by atoms with Gasteiger partial charge in [-0.05, 0) is 17.5 Å². The number of aliphatic hydroxyl groups excluding tert-OH is 1. The molecule has 1 rings (SSSR count). The smallest absolute Gasteiger partial charge is 0.102 e. The van der Waals surface area contributed by atoms with Crippen molar-refractivity contribution in [3.05, 3.63) is 35.4 Å². The van der Waals surface area contributed by atoms with E-state index in [0.717, 1.165) is 17.5 Å². The Balaban J connectivity index is 2.46. The van der Waals surface area contributed by atoms with Crippen molar-refractivity contribution in [3.63, 3.8) is 0 Å². The first kappa shape index (κ1) is 12.2. The third-order valence-electron chi connectivity index (χ3n) is 2.22. The zero-order valence-corrected chi connectivity index (χ0v) is 9.15. The first-order chi connectivity index (χ1) is 7.27. The van der Waals surface area contributed by atoms with Gasteiger partial charge in [-0.2, -0.15) is 0 Å². The monoisotopic (exact) mass is 209 g/mol. The van der Waals surface area contributed by atoms with Crippen molar-refractivity contribution in [1.29, 1.82) is 0 Å². The standard InChI is InChI=1S/C12H19NO2/c1-2-7-15-9-12(14)11-5-3-10(8-13)4-6-11/h3-6,12,14H,2,7-9,13H2,1H3. The summed E-state index contributed by atoms with van der Waals surface area (Å²) in [6, 6.07) is 7.64. The van der Waals surface area contributed by atoms with Gasteiger partial charge in [0.2, 0.25) is 0 Å². The quantitative estimate of drug-likeness (QED) is 0.700. The molecule has 0 heterocycles. The topological polar surface area (TPSA) is 55.5 Å². The lowest BCUT2D eigenvalue weighted by atomic mass is 10.1. The van der Waals surface area contributed by atoms with Gasteiger partial charge in [0.05, 0.1) is 6.61 Å². The SMILES string of the molecule is CCCOCC(O)c1ccc(CN)cc1. The van der Waals surface area contributed by atoms with Crippen LogP contribution in [0, 0.1) is 0 Å². The van der Waals surface area contributed by atoms with Gasteiger partial charge in [-0.1, -0.05) is 31.2 Å². The summed E-state index contributed by atoms with van der Waals surface area (Å²) in [4.78, 5) is 0. The Kier molecular flexibility index (Phi) is 5.32. The normalized spacial score (nSPS) is 12.7. The Hall–Kier alpha value is -0.900. The molecule has 0 bridgehead atoms. The Bertz CT molecular complexity index is 271. The van der Waals surface area contributed by atoms with Gasteiger partial charge in [0.1, 0.15) is 6.10 Å². The molecule has 0 amide bonds. The number of benzene rings is 1. The molecule has 3 N–H and O–H groups in total. The van der Waals surface area contributed by atoms with Gasteiger partial charge >= 0.3 is 0 Å². The molecule has 0 saturated carbocycles. The van der Waals surface area contributed by atoms with Crippen molar-refractivity contribution in [3.8, 4) is 0 Å². The summed E-state index contributed by atoms with van der Waals surface area (Å²) in [5.74, 6) is 0. The number of ether oxygens (including phenoxy) is 1. The maximum atomic E-state index is 9.75. The summed E-state index contributed by atoms with van der Waals surface area (Å²) in [7, 11) is 0. The van der Waals surface area contributed by atoms with Gasteiger partial charge in [-0.25, -0.2) is 0 Å². The van der Waals surface area contributed by atoms with E-state index < -0.39 is 6.10 Å². The summed E-state index contributed by atoms with van der Waals surface area (Å²) in [5, 5.41) is 9.75. The van der Waals surface area contributed by atoms with Crippen LogP contribution in [0.2, 0.25) is 0 Å². The van der Waals surface area contributed by atoms with E-state index in [4.69, 9.17) is 10.5 Å². The second-order valence-electron chi connectivity index (χ2n) is 3.54. The van der Waals surface area contributed by atoms with Gasteiger partial charge in [0.15, 0.2) is 0 Å². The van der Waals surface area contributed by atoms with Gasteiger partial charge in [-0.15, -0.1) is 0 Å². The van der Waals surface area contributed by atoms with Crippen LogP contribution in [0.5, 0.6) is 0 Å². The fourth-order valence-corrected chi connectivity index (χ4v) is 1.31. The van der Waals surface area contributed by atoms with E-state index in [2.05, 4.69) is 0 Å². The van der Waals surface area contributed by atoms with Crippen LogP contribution < -0.4 is 5.73 Å². The first-order valence-corrected chi connectivity index (χ1v) is 5.32. The summed E-state index contributed by atoms with van der Waals surface area (Å²) in [6.07, 6.45) is 0.433. The highest BCUT2D eigenvalue weighted by Crippen LogP contribution is 2.14. The van der Waals surface area contributed by atoms with E-state index in [0.29, 0.717) is 19.8 Å². The predicted octanol–water partition coefficient (Wildman–Crippen LogP) is 1.61. The lowest BCUT2D eigenvalue weighted by Gasteiger charge is -2.11. The van der Waals surface area contributed by atoms with Crippen molar-refractivity contribution >= 4 is 0 Å². The fourth-order valence-electron chi connectivity index (χ4n) is 1.31. The summed E-state index contributed by atoms with van der Waals surface area (Å²) in [6.45, 7) is 3.62. The van der Waals surface area contributed by atoms with E-state index in [-0.39, 0.29) is 0 Å². The molecule has 0 saturated heterocycles. The number of nitrogens with two attached hydrogens (primary N) is 1. The Morgan fingerprint density at radius 2 is 2.00 bits per heavy atom. The molecule has 0 fully saturated rings. The molecule has 0 aliphatic rings. The maximum absolute atomic E-state index is 9.75. The van der Waals surface area contributed by atoms with Crippen LogP contribution in [0.15, 0.2) is 24.3 Å². The van der Waals surface area contributed by atoms with Crippen LogP contribution in [0.3, 0.4) is 0 Å². The van der Waals surface area contributed by atoms with Crippen molar-refractivity contribution in [2.45, 2.75) is 26.0 Å². The minimum atomic E-state index is -0.539. The first-order valence-electron chi connectivity index (χ1n) is 5.32. The van der Waals surface area contributed by atoms with Crippen molar-refractivity contribution < 1.29 is 9.84 Å². The van der Waals surface area contributed by atoms with Crippen LogP contribution in [-0.2, 0) is 11.3 Å². The third kappa shape index (κ3) is 4.00. The predicted molar refractivity (Wildman–Crippen MR) is 60.4 cm³/mol. The molecule has 84 valence electrons. The van der Waals surface area contributed by atoms with Gasteiger partial charge < -0.3 is 15.6 Å². The number of aliphatic hydroxyl groups is 1. The van der Waals surface area contributed by atoms with Crippen LogP contribution in [-0.4, -0.2) is 18.3 Å². The lowest BCUT2D eigenvalue weighted by Crippen LogP contribution is -2.08. The lowest BCUT2D eigenvalue weighted by molar-refractivity contribution is 0.0364. The molecular formula is C12H19NO2. The molecule has 0 aliphatic carbocycles. The van der Waals surface area contributed by atoms with E-state index in [9.17, 15) is 5.11 Å². The summed E-state index contributed by atoms with van der Waals surface area (Å²) < 4.78 is 5.28. The molecule has 1 unspecified atom stereocenters. The number of hydrogen-bond donors (Lipinski definition) is 2. The van der Waals surface area contributed by atoms with Gasteiger partial charge in [-0.3, -0.25) is 0 Å². The largest absolute Gasteiger partial charge is 0.386 e. The average Bonchev–Trinajstić information content (AvgIpc) is 2.29. The molecule has 1 aromatic carbocycles. The second kappa shape index (κ2) is 6.56. The minimum Gasteiger partial charge on any atom is -0.386 e. The number of rotatable bonds is 6. The summed E-state index contributed by atoms with van der Waals surface area (Å²) in [5.41, 5.74) is 7.43. The average molecular weight is 209 g/mol. The van der Waals surface area contributed by atoms with Crippen LogP contribution >= 0.6 is 0 Å². The minimum absolute atomic E-state index is 0.357. The zero-order valence-electron chi connectivity index (χ0n) is 9.15. The maximum Gasteiger partial charge on any atom is 0.102 e. The van der Waals surface area contributed by atoms with Crippen LogP contribution in [0.1, 0.15) is 30.6 Å². The molecule has 0 radical (unpaired) electrons. The van der Waals surface area contributed by atoms with E-state index in [1.165, 1.54) is 0 Å². The van der Waals surface area contributed by atoms with E-state index >= 15 is 0 Å². The van der Waals surface area contributed by atoms with Crippen molar-refractivity contribution in [2.24, 2.45) is 5.73 Å². The Morgan fingerprint density at radius 3 is 2.53 bits per heavy atom. The molecule has 1 atom stereocenters. The molecule has 1 aromatic rings. The molecule has 3 heteroatoms. The van der Waals surface area contributed by atoms with E-state index in [1.807, 2.05) is 31.2 Å². The molecule has 0 spiro atoms. The second-order valence-corrected chi connectivity index (χ2v) is 3.54. The summed E-state index contributed by atoms with van der Waals surface area (Å²) >= 11 is 0. The van der Waals surface area contributed by atoms with Crippen LogP contribution in [0.4, 0.5) is 0 Å². The molecule has 3 nitrogen and oxygen atoms in total. The number of hydrogen-bond acceptors (Lipinski definition) is 3. The Labute approximate surface area is 90.9 Å². The van der Waals surface area contributed by atoms with Crippen molar-refractivity contribution in [2.75, 3.05) is 13.2 Å². The Morgan fingerprint density at radius 1 is 1.33 bits per heavy atom. The van der Waals surface area contributed by atoms with Gasteiger partial charge in [0.25, 0.3) is 0 Å². The molecule has 15 heavy (non-hydrogen) atoms. The fraction of sp³-hybridized carbons (Fsp3) is 0.500. The third-order valence-corrected chi connectivity index (χ3v) is 2.22. The highest BCUT2D eigenvalue weighted by Gasteiger charge is 2.06. The highest BCUT2D eigenvalue weighted by molar-refractivity contribution is 5.23. The van der Waals surface area contributed by atoms with Crippen LogP contribution in [0.25, 0.3) is 0 Å². The molecular weight excluding hydrogens is 190 g/mol. The molecule has 0 aromatic heterocycles. The molecule has 0 aliphatic heterocycles. The zero-order chi connectivity index (χ0) is 11.1. The van der Waals surface area contributed by atoms with Gasteiger partial charge in [0, 0.05) is 13.2 Å². The van der Waals surface area contributed by atoms with Crippen molar-refractivity contribution in [1.82, 2.24) is 0 Å². The van der Waals surface area contributed by atoms with E-state index in [1.54, 1.807) is 0 Å².